The molecule has 1 aromatic rings. The van der Waals surface area contributed by atoms with Gasteiger partial charge in [-0.1, -0.05) is 6.42 Å². The van der Waals surface area contributed by atoms with Gasteiger partial charge in [-0.3, -0.25) is 4.79 Å². The molecule has 0 aromatic heterocycles. The van der Waals surface area contributed by atoms with E-state index >= 15 is 0 Å². The van der Waals surface area contributed by atoms with E-state index in [0.29, 0.717) is 12.1 Å². The van der Waals surface area contributed by atoms with Gasteiger partial charge < -0.3 is 10.1 Å². The van der Waals surface area contributed by atoms with Crippen molar-refractivity contribution in [2.45, 2.75) is 44.2 Å². The summed E-state index contributed by atoms with van der Waals surface area (Å²) in [5.74, 6) is -2.16. The van der Waals surface area contributed by atoms with Gasteiger partial charge in [0.25, 0.3) is 0 Å². The summed E-state index contributed by atoms with van der Waals surface area (Å²) in [5, 5.41) is 3.52. The number of carbonyl (C=O) groups is 1. The maximum Gasteiger partial charge on any atom is 0.169 e. The number of Topliss-reactive ketones (excluding diaryl/α,β-unsaturated/α-hetero) is 1. The molecule has 2 atom stereocenters. The van der Waals surface area contributed by atoms with E-state index in [1.54, 1.807) is 0 Å². The zero-order valence-electron chi connectivity index (χ0n) is 12.0. The molecule has 114 valence electrons. The molecular formula is C16H19F2NO2. The van der Waals surface area contributed by atoms with Crippen molar-refractivity contribution in [1.29, 1.82) is 0 Å². The second-order valence-electron chi connectivity index (χ2n) is 5.99. The monoisotopic (exact) mass is 295 g/mol. The van der Waals surface area contributed by atoms with Gasteiger partial charge in [0.15, 0.2) is 17.4 Å². The van der Waals surface area contributed by atoms with Crippen molar-refractivity contribution in [2.75, 3.05) is 7.11 Å². The highest BCUT2D eigenvalue weighted by Gasteiger charge is 2.36. The first-order valence-corrected chi connectivity index (χ1v) is 7.41. The molecule has 2 bridgehead atoms. The van der Waals surface area contributed by atoms with Gasteiger partial charge in [-0.05, 0) is 31.7 Å². The molecule has 1 N–H and O–H groups in total. The molecule has 1 aromatic carbocycles. The van der Waals surface area contributed by atoms with E-state index in [1.165, 1.54) is 13.5 Å². The highest BCUT2D eigenvalue weighted by Crippen LogP contribution is 2.34. The molecule has 21 heavy (non-hydrogen) atoms. The van der Waals surface area contributed by atoms with E-state index < -0.39 is 11.6 Å². The zero-order chi connectivity index (χ0) is 15.0. The average Bonchev–Trinajstić information content (AvgIpc) is 2.48. The van der Waals surface area contributed by atoms with E-state index in [0.717, 1.165) is 37.8 Å². The van der Waals surface area contributed by atoms with Gasteiger partial charge in [0, 0.05) is 24.1 Å². The lowest BCUT2D eigenvalue weighted by molar-refractivity contribution is 0.0821. The van der Waals surface area contributed by atoms with E-state index in [1.807, 2.05) is 0 Å². The van der Waals surface area contributed by atoms with Crippen LogP contribution < -0.4 is 10.1 Å². The molecule has 0 amide bonds. The van der Waals surface area contributed by atoms with Crippen molar-refractivity contribution in [3.63, 3.8) is 0 Å². The molecule has 2 unspecified atom stereocenters. The van der Waals surface area contributed by atoms with Crippen LogP contribution in [-0.2, 0) is 0 Å². The number of fused-ring (bicyclic) bond motifs is 2. The smallest absolute Gasteiger partial charge is 0.169 e. The van der Waals surface area contributed by atoms with Crippen LogP contribution in [0.15, 0.2) is 12.1 Å². The summed E-state index contributed by atoms with van der Waals surface area (Å²) in [4.78, 5) is 12.7. The Bertz CT molecular complexity index is 549. The number of piperidine rings is 2. The minimum Gasteiger partial charge on any atom is -0.496 e. The molecule has 2 fully saturated rings. The molecular weight excluding hydrogens is 276 g/mol. The number of carbonyl (C=O) groups excluding carboxylic acids is 1. The van der Waals surface area contributed by atoms with Gasteiger partial charge in [-0.2, -0.15) is 0 Å². The Morgan fingerprint density at radius 3 is 2.43 bits per heavy atom. The third-order valence-electron chi connectivity index (χ3n) is 4.59. The Balaban J connectivity index is 1.86. The Kier molecular flexibility index (Phi) is 3.93. The largest absolute Gasteiger partial charge is 0.496 e. The van der Waals surface area contributed by atoms with Crippen LogP contribution in [0.25, 0.3) is 0 Å². The van der Waals surface area contributed by atoms with Gasteiger partial charge in [0.2, 0.25) is 0 Å². The van der Waals surface area contributed by atoms with E-state index in [2.05, 4.69) is 5.32 Å². The SMILES string of the molecule is COc1cc(F)c(F)cc1C(=O)C1CC2CCCC(C1)N2. The first-order valence-electron chi connectivity index (χ1n) is 7.41. The molecule has 2 heterocycles. The van der Waals surface area contributed by atoms with Gasteiger partial charge in [-0.25, -0.2) is 8.78 Å². The third kappa shape index (κ3) is 2.79. The molecule has 0 radical (unpaired) electrons. The molecule has 2 aliphatic heterocycles. The van der Waals surface area contributed by atoms with Crippen LogP contribution in [0, 0.1) is 17.6 Å². The fourth-order valence-corrected chi connectivity index (χ4v) is 3.59. The topological polar surface area (TPSA) is 38.3 Å². The number of ketones is 1. The number of benzene rings is 1. The summed E-state index contributed by atoms with van der Waals surface area (Å²) in [6.07, 6.45) is 4.87. The van der Waals surface area contributed by atoms with E-state index in [-0.39, 0.29) is 23.0 Å². The van der Waals surface area contributed by atoms with E-state index in [9.17, 15) is 13.6 Å². The van der Waals surface area contributed by atoms with Crippen molar-refractivity contribution in [2.24, 2.45) is 5.92 Å². The molecule has 0 saturated carbocycles. The predicted molar refractivity (Wildman–Crippen MR) is 74.5 cm³/mol. The van der Waals surface area contributed by atoms with Crippen LogP contribution >= 0.6 is 0 Å². The quantitative estimate of drug-likeness (QED) is 0.871. The molecule has 5 heteroatoms. The zero-order valence-corrected chi connectivity index (χ0v) is 12.0. The van der Waals surface area contributed by atoms with Crippen LogP contribution in [0.2, 0.25) is 0 Å². The molecule has 0 aliphatic carbocycles. The molecule has 0 spiro atoms. The van der Waals surface area contributed by atoms with Crippen molar-refractivity contribution < 1.29 is 18.3 Å². The van der Waals surface area contributed by atoms with E-state index in [4.69, 9.17) is 4.74 Å². The summed E-state index contributed by atoms with van der Waals surface area (Å²) in [7, 11) is 1.36. The Morgan fingerprint density at radius 2 is 1.81 bits per heavy atom. The highest BCUT2D eigenvalue weighted by atomic mass is 19.2. The number of methoxy groups -OCH3 is 1. The third-order valence-corrected chi connectivity index (χ3v) is 4.59. The maximum absolute atomic E-state index is 13.5. The lowest BCUT2D eigenvalue weighted by atomic mass is 9.77. The summed E-state index contributed by atoms with van der Waals surface area (Å²) in [6.45, 7) is 0. The number of rotatable bonds is 3. The van der Waals surface area contributed by atoms with Crippen molar-refractivity contribution in [1.82, 2.24) is 5.32 Å². The lowest BCUT2D eigenvalue weighted by Crippen LogP contribution is -2.50. The minimum absolute atomic E-state index is 0.114. The summed E-state index contributed by atoms with van der Waals surface area (Å²) in [5.41, 5.74) is 0.154. The van der Waals surface area contributed by atoms with Gasteiger partial charge in [-0.15, -0.1) is 0 Å². The average molecular weight is 295 g/mol. The molecule has 2 aliphatic rings. The number of hydrogen-bond acceptors (Lipinski definition) is 3. The van der Waals surface area contributed by atoms with Crippen LogP contribution in [0.4, 0.5) is 8.78 Å². The Labute approximate surface area is 122 Å². The molecule has 3 rings (SSSR count). The fourth-order valence-electron chi connectivity index (χ4n) is 3.59. The molecule has 2 saturated heterocycles. The van der Waals surface area contributed by atoms with Crippen LogP contribution in [-0.4, -0.2) is 25.0 Å². The van der Waals surface area contributed by atoms with Crippen LogP contribution in [0.3, 0.4) is 0 Å². The summed E-state index contributed by atoms with van der Waals surface area (Å²) in [6, 6.07) is 2.64. The van der Waals surface area contributed by atoms with Crippen molar-refractivity contribution in [3.8, 4) is 5.75 Å². The maximum atomic E-state index is 13.5. The van der Waals surface area contributed by atoms with Crippen LogP contribution in [0.1, 0.15) is 42.5 Å². The normalized spacial score (nSPS) is 28.2. The second-order valence-corrected chi connectivity index (χ2v) is 5.99. The first-order chi connectivity index (χ1) is 10.1. The molecule has 3 nitrogen and oxygen atoms in total. The van der Waals surface area contributed by atoms with Crippen LogP contribution in [0.5, 0.6) is 5.75 Å². The first kappa shape index (κ1) is 14.4. The van der Waals surface area contributed by atoms with Gasteiger partial charge in [0.05, 0.1) is 12.7 Å². The summed E-state index contributed by atoms with van der Waals surface area (Å²) >= 11 is 0. The standard InChI is InChI=1S/C16H19F2NO2/c1-21-15-8-14(18)13(17)7-12(15)16(20)9-5-10-3-2-4-11(6-9)19-10/h7-11,19H,2-6H2,1H3. The van der Waals surface area contributed by atoms with Crippen molar-refractivity contribution >= 4 is 5.78 Å². The Morgan fingerprint density at radius 1 is 1.19 bits per heavy atom. The fraction of sp³-hybridized carbons (Fsp3) is 0.562. The van der Waals surface area contributed by atoms with Crippen molar-refractivity contribution in [3.05, 3.63) is 29.3 Å². The summed E-state index contributed by atoms with van der Waals surface area (Å²) < 4.78 is 31.8. The van der Waals surface area contributed by atoms with Gasteiger partial charge >= 0.3 is 0 Å². The lowest BCUT2D eigenvalue weighted by Gasteiger charge is -2.39. The number of ether oxygens (including phenoxy) is 1. The highest BCUT2D eigenvalue weighted by molar-refractivity contribution is 6.00. The number of nitrogens with one attached hydrogen (secondary N) is 1. The predicted octanol–water partition coefficient (Wildman–Crippen LogP) is 3.08. The minimum atomic E-state index is -1.01. The number of halogens is 2. The Hall–Kier alpha value is -1.49. The number of hydrogen-bond donors (Lipinski definition) is 1. The second kappa shape index (κ2) is 5.72. The van der Waals surface area contributed by atoms with Gasteiger partial charge in [0.1, 0.15) is 5.75 Å².